The maximum atomic E-state index is 12.9. The van der Waals surface area contributed by atoms with E-state index < -0.39 is 6.10 Å². The molecule has 1 fully saturated rings. The number of aromatic nitrogens is 1. The Morgan fingerprint density at radius 2 is 2.06 bits per heavy atom. The predicted molar refractivity (Wildman–Crippen MR) is 127 cm³/mol. The quantitative estimate of drug-likeness (QED) is 0.600. The Morgan fingerprint density at radius 1 is 1.21 bits per heavy atom. The normalized spacial score (nSPS) is 19.8. The first-order valence-corrected chi connectivity index (χ1v) is 12.0. The fraction of sp³-hybridized carbons (Fsp3) is 0.320. The highest BCUT2D eigenvalue weighted by atomic mass is 32.1. The van der Waals surface area contributed by atoms with E-state index in [0.717, 1.165) is 41.3 Å². The topological polar surface area (TPSA) is 80.8 Å². The average Bonchev–Trinajstić information content (AvgIpc) is 3.54. The number of hydrogen-bond acceptors (Lipinski definition) is 6. The number of amides is 2. The van der Waals surface area contributed by atoms with Gasteiger partial charge in [0, 0.05) is 29.7 Å². The number of fused-ring (bicyclic) bond motifs is 1. The first-order valence-electron chi connectivity index (χ1n) is 11.1. The number of nitrogens with zero attached hydrogens (tertiary/aromatic N) is 2. The minimum atomic E-state index is -0.654. The van der Waals surface area contributed by atoms with E-state index in [0.29, 0.717) is 18.0 Å². The summed E-state index contributed by atoms with van der Waals surface area (Å²) in [6.07, 6.45) is 1.35. The van der Waals surface area contributed by atoms with E-state index in [1.165, 1.54) is 4.90 Å². The van der Waals surface area contributed by atoms with Gasteiger partial charge in [-0.2, -0.15) is 0 Å². The maximum Gasteiger partial charge on any atom is 0.268 e. The van der Waals surface area contributed by atoms with Gasteiger partial charge in [-0.3, -0.25) is 14.5 Å². The summed E-state index contributed by atoms with van der Waals surface area (Å²) < 4.78 is 11.4. The van der Waals surface area contributed by atoms with Gasteiger partial charge in [-0.25, -0.2) is 4.98 Å². The molecule has 0 radical (unpaired) electrons. The Hall–Kier alpha value is -3.23. The lowest BCUT2D eigenvalue weighted by molar-refractivity contribution is -0.128. The molecule has 2 amide bonds. The van der Waals surface area contributed by atoms with Crippen LogP contribution in [0.2, 0.25) is 0 Å². The molecule has 2 unspecified atom stereocenters. The summed E-state index contributed by atoms with van der Waals surface area (Å²) in [5.41, 5.74) is 3.32. The van der Waals surface area contributed by atoms with Crippen molar-refractivity contribution in [2.45, 2.75) is 32.0 Å². The third kappa shape index (κ3) is 4.62. The molecular weight excluding hydrogens is 438 g/mol. The van der Waals surface area contributed by atoms with Gasteiger partial charge in [0.05, 0.1) is 17.5 Å². The average molecular weight is 464 g/mol. The van der Waals surface area contributed by atoms with E-state index in [1.807, 2.05) is 53.9 Å². The van der Waals surface area contributed by atoms with Crippen molar-refractivity contribution in [3.8, 4) is 27.6 Å². The third-order valence-electron chi connectivity index (χ3n) is 5.84. The summed E-state index contributed by atoms with van der Waals surface area (Å²) in [5.74, 6) is 0.121. The molecule has 0 saturated carbocycles. The van der Waals surface area contributed by atoms with Crippen molar-refractivity contribution in [3.63, 3.8) is 0 Å². The molecule has 2 atom stereocenters. The van der Waals surface area contributed by atoms with Crippen molar-refractivity contribution in [1.29, 1.82) is 0 Å². The molecule has 0 aliphatic carbocycles. The van der Waals surface area contributed by atoms with E-state index in [2.05, 4.69) is 5.32 Å². The highest BCUT2D eigenvalue weighted by molar-refractivity contribution is 7.13. The Balaban J connectivity index is 1.38. The molecule has 7 nitrogen and oxygen atoms in total. The van der Waals surface area contributed by atoms with Gasteiger partial charge in [0.2, 0.25) is 5.91 Å². The lowest BCUT2D eigenvalue weighted by Crippen LogP contribution is -2.49. The van der Waals surface area contributed by atoms with Crippen LogP contribution in [0.15, 0.2) is 53.9 Å². The summed E-state index contributed by atoms with van der Waals surface area (Å²) in [6, 6.07) is 15.7. The second-order valence-electron chi connectivity index (χ2n) is 8.21. The smallest absolute Gasteiger partial charge is 0.268 e. The number of carbonyl (C=O) groups is 2. The second kappa shape index (κ2) is 9.33. The van der Waals surface area contributed by atoms with E-state index >= 15 is 0 Å². The SMILES string of the molecule is CC1Oc2ccc(-c3csc(-c4ccccc4)n3)cc2N(CC(=O)NCC2CCCO2)C1=O. The standard InChI is InChI=1S/C25H25N3O4S/c1-16-25(30)28(14-23(29)26-13-19-8-5-11-31-19)21-12-18(9-10-22(21)32-16)20-15-33-24(27-20)17-6-3-2-4-7-17/h2-4,6-7,9-10,12,15-16,19H,5,8,11,13-14H2,1H3,(H,26,29). The van der Waals surface area contributed by atoms with Gasteiger partial charge in [0.25, 0.3) is 5.91 Å². The molecule has 5 rings (SSSR count). The fourth-order valence-electron chi connectivity index (χ4n) is 4.08. The maximum absolute atomic E-state index is 12.9. The van der Waals surface area contributed by atoms with Gasteiger partial charge in [-0.15, -0.1) is 11.3 Å². The van der Waals surface area contributed by atoms with Crippen LogP contribution >= 0.6 is 11.3 Å². The number of anilines is 1. The van der Waals surface area contributed by atoms with Crippen LogP contribution in [0.1, 0.15) is 19.8 Å². The van der Waals surface area contributed by atoms with Crippen LogP contribution in [0, 0.1) is 0 Å². The van der Waals surface area contributed by atoms with E-state index in [-0.39, 0.29) is 24.5 Å². The van der Waals surface area contributed by atoms with Crippen molar-refractivity contribution in [2.24, 2.45) is 0 Å². The van der Waals surface area contributed by atoms with Crippen molar-refractivity contribution < 1.29 is 19.1 Å². The molecular formula is C25H25N3O4S. The van der Waals surface area contributed by atoms with Crippen LogP contribution in [0.25, 0.3) is 21.8 Å². The molecule has 1 aromatic heterocycles. The lowest BCUT2D eigenvalue weighted by atomic mass is 10.1. The molecule has 0 spiro atoms. The van der Waals surface area contributed by atoms with Gasteiger partial charge in [-0.05, 0) is 38.0 Å². The van der Waals surface area contributed by atoms with Crippen molar-refractivity contribution >= 4 is 28.8 Å². The Labute approximate surface area is 196 Å². The number of thiazole rings is 1. The Bertz CT molecular complexity index is 1160. The van der Waals surface area contributed by atoms with Crippen LogP contribution in [-0.4, -0.2) is 48.7 Å². The Kier molecular flexibility index (Phi) is 6.11. The van der Waals surface area contributed by atoms with Crippen LogP contribution in [0.4, 0.5) is 5.69 Å². The monoisotopic (exact) mass is 463 g/mol. The molecule has 2 aliphatic rings. The first kappa shape index (κ1) is 21.6. The zero-order chi connectivity index (χ0) is 22.8. The number of benzene rings is 2. The first-order chi connectivity index (χ1) is 16.1. The van der Waals surface area contributed by atoms with E-state index in [4.69, 9.17) is 14.5 Å². The molecule has 3 aromatic rings. The summed E-state index contributed by atoms with van der Waals surface area (Å²) >= 11 is 1.57. The van der Waals surface area contributed by atoms with Gasteiger partial charge >= 0.3 is 0 Å². The largest absolute Gasteiger partial charge is 0.479 e. The molecule has 3 heterocycles. The zero-order valence-electron chi connectivity index (χ0n) is 18.3. The second-order valence-corrected chi connectivity index (χ2v) is 9.07. The molecule has 170 valence electrons. The van der Waals surface area contributed by atoms with Crippen LogP contribution < -0.4 is 15.0 Å². The molecule has 8 heteroatoms. The zero-order valence-corrected chi connectivity index (χ0v) is 19.1. The summed E-state index contributed by atoms with van der Waals surface area (Å²) in [5, 5.41) is 5.82. The number of nitrogens with one attached hydrogen (secondary N) is 1. The van der Waals surface area contributed by atoms with Crippen LogP contribution in [-0.2, 0) is 14.3 Å². The van der Waals surface area contributed by atoms with Gasteiger partial charge in [0.15, 0.2) is 6.10 Å². The minimum absolute atomic E-state index is 0.0515. The van der Waals surface area contributed by atoms with Crippen LogP contribution in [0.3, 0.4) is 0 Å². The van der Waals surface area contributed by atoms with Gasteiger partial charge in [0.1, 0.15) is 17.3 Å². The molecule has 0 bridgehead atoms. The number of hydrogen-bond donors (Lipinski definition) is 1. The Morgan fingerprint density at radius 3 is 2.85 bits per heavy atom. The molecule has 2 aliphatic heterocycles. The molecule has 1 N–H and O–H groups in total. The lowest BCUT2D eigenvalue weighted by Gasteiger charge is -2.33. The molecule has 1 saturated heterocycles. The van der Waals surface area contributed by atoms with Gasteiger partial charge < -0.3 is 14.8 Å². The van der Waals surface area contributed by atoms with Crippen LogP contribution in [0.5, 0.6) is 5.75 Å². The third-order valence-corrected chi connectivity index (χ3v) is 6.73. The fourth-order valence-corrected chi connectivity index (χ4v) is 4.92. The molecule has 2 aromatic carbocycles. The number of rotatable bonds is 6. The van der Waals surface area contributed by atoms with E-state index in [1.54, 1.807) is 18.3 Å². The van der Waals surface area contributed by atoms with Crippen molar-refractivity contribution in [3.05, 3.63) is 53.9 Å². The van der Waals surface area contributed by atoms with Gasteiger partial charge in [-0.1, -0.05) is 30.3 Å². The summed E-state index contributed by atoms with van der Waals surface area (Å²) in [4.78, 5) is 31.8. The highest BCUT2D eigenvalue weighted by Crippen LogP contribution is 2.38. The highest BCUT2D eigenvalue weighted by Gasteiger charge is 2.33. The van der Waals surface area contributed by atoms with Crippen molar-refractivity contribution in [1.82, 2.24) is 10.3 Å². The minimum Gasteiger partial charge on any atom is -0.479 e. The van der Waals surface area contributed by atoms with Crippen molar-refractivity contribution in [2.75, 3.05) is 24.6 Å². The predicted octanol–water partition coefficient (Wildman–Crippen LogP) is 3.89. The molecule has 33 heavy (non-hydrogen) atoms. The van der Waals surface area contributed by atoms with E-state index in [9.17, 15) is 9.59 Å². The number of carbonyl (C=O) groups excluding carboxylic acids is 2. The number of ether oxygens (including phenoxy) is 2. The summed E-state index contributed by atoms with van der Waals surface area (Å²) in [6.45, 7) is 2.82. The summed E-state index contributed by atoms with van der Waals surface area (Å²) in [7, 11) is 0.